The maximum atomic E-state index is 12.1. The number of hydrogen-bond donors (Lipinski definition) is 1. The minimum Gasteiger partial charge on any atom is -0.481 e. The van der Waals surface area contributed by atoms with E-state index in [1.165, 1.54) is 0 Å². The highest BCUT2D eigenvalue weighted by molar-refractivity contribution is 5.81. The Balaban J connectivity index is 5.07. The molecule has 4 heteroatoms. The van der Waals surface area contributed by atoms with Gasteiger partial charge in [0.05, 0.1) is 11.8 Å². The van der Waals surface area contributed by atoms with Gasteiger partial charge in [-0.25, -0.2) is 0 Å². The van der Waals surface area contributed by atoms with Crippen molar-refractivity contribution in [1.82, 2.24) is 0 Å². The van der Waals surface area contributed by atoms with Crippen molar-refractivity contribution in [2.75, 3.05) is 0 Å². The lowest BCUT2D eigenvalue weighted by Crippen LogP contribution is -2.36. The van der Waals surface area contributed by atoms with Gasteiger partial charge in [0.1, 0.15) is 5.60 Å². The van der Waals surface area contributed by atoms with E-state index in [0.717, 1.165) is 0 Å². The van der Waals surface area contributed by atoms with Crippen molar-refractivity contribution in [3.05, 3.63) is 12.7 Å². The number of esters is 1. The molecule has 0 aromatic carbocycles. The minimum atomic E-state index is -0.952. The van der Waals surface area contributed by atoms with E-state index in [1.807, 2.05) is 13.8 Å². The summed E-state index contributed by atoms with van der Waals surface area (Å²) in [5.74, 6) is -2.60. The Labute approximate surface area is 115 Å². The van der Waals surface area contributed by atoms with E-state index >= 15 is 0 Å². The average Bonchev–Trinajstić information content (AvgIpc) is 2.19. The zero-order valence-corrected chi connectivity index (χ0v) is 12.6. The summed E-state index contributed by atoms with van der Waals surface area (Å²) in [6.07, 6.45) is 2.34. The number of carboxylic acids is 1. The Morgan fingerprint density at radius 3 is 2.11 bits per heavy atom. The largest absolute Gasteiger partial charge is 0.481 e. The zero-order chi connectivity index (χ0) is 15.2. The van der Waals surface area contributed by atoms with E-state index in [1.54, 1.807) is 26.8 Å². The first kappa shape index (κ1) is 17.7. The molecule has 0 saturated heterocycles. The van der Waals surface area contributed by atoms with Gasteiger partial charge in [-0.3, -0.25) is 9.59 Å². The molecule has 0 aromatic heterocycles. The van der Waals surface area contributed by atoms with Gasteiger partial charge >= 0.3 is 11.9 Å². The second-order valence-corrected chi connectivity index (χ2v) is 6.24. The van der Waals surface area contributed by atoms with Crippen LogP contribution in [0.3, 0.4) is 0 Å². The summed E-state index contributed by atoms with van der Waals surface area (Å²) in [4.78, 5) is 23.5. The van der Waals surface area contributed by atoms with Crippen LogP contribution in [0.25, 0.3) is 0 Å². The highest BCUT2D eigenvalue weighted by Crippen LogP contribution is 2.27. The maximum Gasteiger partial charge on any atom is 0.310 e. The SMILES string of the molecule is C=CC[C@H](C(=O)OC(C)(C)C)C(CC(C)C)C(=O)O. The standard InChI is InChI=1S/C15H26O4/c1-7-8-11(14(18)19-15(4,5)6)12(13(16)17)9-10(2)3/h7,10-12H,1,8-9H2,2-6H3,(H,16,17)/t11-,12?/m0/s1. The first-order valence-corrected chi connectivity index (χ1v) is 6.65. The third-order valence-corrected chi connectivity index (χ3v) is 2.66. The van der Waals surface area contributed by atoms with Crippen LogP contribution >= 0.6 is 0 Å². The zero-order valence-electron chi connectivity index (χ0n) is 12.6. The molecule has 0 aliphatic rings. The molecule has 19 heavy (non-hydrogen) atoms. The lowest BCUT2D eigenvalue weighted by Gasteiger charge is -2.27. The molecular formula is C15H26O4. The van der Waals surface area contributed by atoms with Crippen LogP contribution in [0.15, 0.2) is 12.7 Å². The predicted octanol–water partition coefficient (Wildman–Crippen LogP) is 3.27. The Morgan fingerprint density at radius 2 is 1.79 bits per heavy atom. The number of hydrogen-bond acceptors (Lipinski definition) is 3. The molecule has 0 rings (SSSR count). The highest BCUT2D eigenvalue weighted by atomic mass is 16.6. The second kappa shape index (κ2) is 7.31. The maximum absolute atomic E-state index is 12.1. The molecular weight excluding hydrogens is 244 g/mol. The van der Waals surface area contributed by atoms with E-state index < -0.39 is 29.4 Å². The molecule has 0 amide bonds. The number of carbonyl (C=O) groups is 2. The number of allylic oxidation sites excluding steroid dienone is 1. The van der Waals surface area contributed by atoms with Crippen molar-refractivity contribution in [2.45, 2.75) is 53.1 Å². The van der Waals surface area contributed by atoms with Gasteiger partial charge in [0.15, 0.2) is 0 Å². The molecule has 0 aromatic rings. The van der Waals surface area contributed by atoms with Gasteiger partial charge in [-0.2, -0.15) is 0 Å². The fourth-order valence-corrected chi connectivity index (χ4v) is 1.93. The Hall–Kier alpha value is -1.32. The molecule has 0 spiro atoms. The number of ether oxygens (including phenoxy) is 1. The van der Waals surface area contributed by atoms with Crippen LogP contribution in [-0.2, 0) is 14.3 Å². The molecule has 0 fully saturated rings. The smallest absolute Gasteiger partial charge is 0.310 e. The topological polar surface area (TPSA) is 63.6 Å². The van der Waals surface area contributed by atoms with Crippen LogP contribution in [0, 0.1) is 17.8 Å². The Kier molecular flexibility index (Phi) is 6.81. The molecule has 4 nitrogen and oxygen atoms in total. The molecule has 0 aliphatic carbocycles. The summed E-state index contributed by atoms with van der Waals surface area (Å²) < 4.78 is 5.32. The second-order valence-electron chi connectivity index (χ2n) is 6.24. The van der Waals surface area contributed by atoms with E-state index in [0.29, 0.717) is 12.8 Å². The van der Waals surface area contributed by atoms with Crippen molar-refractivity contribution >= 4 is 11.9 Å². The molecule has 110 valence electrons. The minimum absolute atomic E-state index is 0.204. The van der Waals surface area contributed by atoms with Gasteiger partial charge in [-0.1, -0.05) is 19.9 Å². The fraction of sp³-hybridized carbons (Fsp3) is 0.733. The summed E-state index contributed by atoms with van der Waals surface area (Å²) in [6.45, 7) is 12.8. The van der Waals surface area contributed by atoms with Gasteiger partial charge in [-0.15, -0.1) is 6.58 Å². The normalized spacial score (nSPS) is 14.8. The first-order chi connectivity index (χ1) is 8.58. The van der Waals surface area contributed by atoms with Gasteiger partial charge in [0.2, 0.25) is 0 Å². The van der Waals surface area contributed by atoms with Crippen LogP contribution in [0.1, 0.15) is 47.5 Å². The number of aliphatic carboxylic acids is 1. The van der Waals surface area contributed by atoms with E-state index in [9.17, 15) is 14.7 Å². The van der Waals surface area contributed by atoms with Crippen molar-refractivity contribution < 1.29 is 19.4 Å². The summed E-state index contributed by atoms with van der Waals surface area (Å²) >= 11 is 0. The molecule has 0 radical (unpaired) electrons. The monoisotopic (exact) mass is 270 g/mol. The summed E-state index contributed by atoms with van der Waals surface area (Å²) in [5.41, 5.74) is -0.614. The molecule has 0 saturated carbocycles. The first-order valence-electron chi connectivity index (χ1n) is 6.65. The lowest BCUT2D eigenvalue weighted by molar-refractivity contribution is -0.167. The van der Waals surface area contributed by atoms with Gasteiger partial charge in [0.25, 0.3) is 0 Å². The van der Waals surface area contributed by atoms with Crippen LogP contribution in [-0.4, -0.2) is 22.6 Å². The number of carbonyl (C=O) groups excluding carboxylic acids is 1. The van der Waals surface area contributed by atoms with Crippen molar-refractivity contribution in [3.8, 4) is 0 Å². The van der Waals surface area contributed by atoms with E-state index in [-0.39, 0.29) is 5.92 Å². The third-order valence-electron chi connectivity index (χ3n) is 2.66. The molecule has 2 atom stereocenters. The van der Waals surface area contributed by atoms with Crippen molar-refractivity contribution in [1.29, 1.82) is 0 Å². The van der Waals surface area contributed by atoms with Crippen LogP contribution in [0.4, 0.5) is 0 Å². The number of carboxylic acid groups (broad SMARTS) is 1. The quantitative estimate of drug-likeness (QED) is 0.569. The van der Waals surface area contributed by atoms with Crippen LogP contribution in [0.2, 0.25) is 0 Å². The van der Waals surface area contributed by atoms with Crippen molar-refractivity contribution in [2.24, 2.45) is 17.8 Å². The molecule has 0 aliphatic heterocycles. The fourth-order valence-electron chi connectivity index (χ4n) is 1.93. The molecule has 0 bridgehead atoms. The molecule has 0 heterocycles. The Morgan fingerprint density at radius 1 is 1.26 bits per heavy atom. The van der Waals surface area contributed by atoms with E-state index in [2.05, 4.69) is 6.58 Å². The van der Waals surface area contributed by atoms with Gasteiger partial charge < -0.3 is 9.84 Å². The summed E-state index contributed by atoms with van der Waals surface area (Å²) in [7, 11) is 0. The lowest BCUT2D eigenvalue weighted by atomic mass is 9.83. The average molecular weight is 270 g/mol. The van der Waals surface area contributed by atoms with Gasteiger partial charge in [-0.05, 0) is 39.5 Å². The highest BCUT2D eigenvalue weighted by Gasteiger charge is 2.35. The molecule has 1 unspecified atom stereocenters. The van der Waals surface area contributed by atoms with Crippen LogP contribution in [0.5, 0.6) is 0 Å². The Bertz CT molecular complexity index is 326. The summed E-state index contributed by atoms with van der Waals surface area (Å²) in [6, 6.07) is 0. The van der Waals surface area contributed by atoms with Crippen LogP contribution < -0.4 is 0 Å². The third kappa shape index (κ3) is 6.99. The van der Waals surface area contributed by atoms with Crippen molar-refractivity contribution in [3.63, 3.8) is 0 Å². The predicted molar refractivity (Wildman–Crippen MR) is 74.7 cm³/mol. The molecule has 1 N–H and O–H groups in total. The summed E-state index contributed by atoms with van der Waals surface area (Å²) in [5, 5.41) is 9.32. The van der Waals surface area contributed by atoms with Gasteiger partial charge in [0, 0.05) is 0 Å². The van der Waals surface area contributed by atoms with E-state index in [4.69, 9.17) is 4.74 Å². The number of rotatable bonds is 7.